The molecule has 0 amide bonds. The molecule has 0 aliphatic heterocycles. The van der Waals surface area contributed by atoms with E-state index in [2.05, 4.69) is 39.5 Å². The Labute approximate surface area is 138 Å². The maximum Gasteiger partial charge on any atom is 0.257 e. The molecule has 120 valence electrons. The van der Waals surface area contributed by atoms with Gasteiger partial charge < -0.3 is 4.52 Å². The first kappa shape index (κ1) is 15.7. The Balaban J connectivity index is 1.73. The van der Waals surface area contributed by atoms with Crippen LogP contribution in [0.3, 0.4) is 0 Å². The van der Waals surface area contributed by atoms with Crippen molar-refractivity contribution < 1.29 is 4.52 Å². The van der Waals surface area contributed by atoms with Crippen LogP contribution in [-0.4, -0.2) is 30.3 Å². The number of tetrazole rings is 1. The Morgan fingerprint density at radius 1 is 1.17 bits per heavy atom. The molecule has 1 atom stereocenters. The molecular formula is C15H18N6OS. The van der Waals surface area contributed by atoms with Gasteiger partial charge in [-0.3, -0.25) is 0 Å². The van der Waals surface area contributed by atoms with Crippen molar-refractivity contribution in [2.45, 2.75) is 37.7 Å². The molecule has 1 aromatic carbocycles. The lowest BCUT2D eigenvalue weighted by molar-refractivity contribution is 0.422. The van der Waals surface area contributed by atoms with Crippen LogP contribution in [0.2, 0.25) is 0 Å². The van der Waals surface area contributed by atoms with Crippen LogP contribution in [0.15, 0.2) is 40.0 Å². The first-order chi connectivity index (χ1) is 11.1. The molecule has 7 nitrogen and oxygen atoms in total. The zero-order valence-corrected chi connectivity index (χ0v) is 14.1. The first-order valence-corrected chi connectivity index (χ1v) is 8.33. The van der Waals surface area contributed by atoms with Crippen molar-refractivity contribution in [3.63, 3.8) is 0 Å². The lowest BCUT2D eigenvalue weighted by atomic mass is 10.2. The second kappa shape index (κ2) is 6.91. The maximum absolute atomic E-state index is 5.35. The second-order valence-electron chi connectivity index (χ2n) is 5.62. The van der Waals surface area contributed by atoms with Gasteiger partial charge in [0.2, 0.25) is 5.16 Å². The van der Waals surface area contributed by atoms with Gasteiger partial charge in [-0.2, -0.15) is 4.98 Å². The molecule has 23 heavy (non-hydrogen) atoms. The van der Waals surface area contributed by atoms with Gasteiger partial charge in [-0.05, 0) is 35.4 Å². The third kappa shape index (κ3) is 3.76. The molecule has 0 N–H and O–H groups in total. The molecule has 0 unspecified atom stereocenters. The topological polar surface area (TPSA) is 82.5 Å². The second-order valence-corrected chi connectivity index (χ2v) is 6.93. The van der Waals surface area contributed by atoms with E-state index in [1.807, 2.05) is 41.9 Å². The largest absolute Gasteiger partial charge is 0.334 e. The number of thioether (sulfide) groups is 1. The van der Waals surface area contributed by atoms with E-state index in [4.69, 9.17) is 4.52 Å². The number of nitrogens with zero attached hydrogens (tertiary/aromatic N) is 6. The summed E-state index contributed by atoms with van der Waals surface area (Å²) in [5, 5.41) is 16.7. The van der Waals surface area contributed by atoms with Gasteiger partial charge in [0.25, 0.3) is 5.89 Å². The Kier molecular flexibility index (Phi) is 4.71. The van der Waals surface area contributed by atoms with Gasteiger partial charge in [-0.15, -0.1) is 5.10 Å². The summed E-state index contributed by atoms with van der Waals surface area (Å²) < 4.78 is 7.16. The minimum Gasteiger partial charge on any atom is -0.334 e. The summed E-state index contributed by atoms with van der Waals surface area (Å²) in [6.45, 7) is 7.05. The summed E-state index contributed by atoms with van der Waals surface area (Å²) >= 11 is 1.52. The van der Waals surface area contributed by atoms with Crippen molar-refractivity contribution in [2.75, 3.05) is 0 Å². The summed E-state index contributed by atoms with van der Waals surface area (Å²) in [7, 11) is 0. The minimum atomic E-state index is -0.00637. The average Bonchev–Trinajstić information content (AvgIpc) is 3.18. The Morgan fingerprint density at radius 2 is 1.96 bits per heavy atom. The molecule has 8 heteroatoms. The van der Waals surface area contributed by atoms with Crippen molar-refractivity contribution in [1.29, 1.82) is 0 Å². The summed E-state index contributed by atoms with van der Waals surface area (Å²) in [5.74, 6) is 1.63. The van der Waals surface area contributed by atoms with E-state index < -0.39 is 0 Å². The van der Waals surface area contributed by atoms with Gasteiger partial charge in [-0.25, -0.2) is 4.68 Å². The SMILES string of the molecule is CC(C)Cn1nnnc1S[C@H](C)c1noc(-c2ccccc2)n1. The van der Waals surface area contributed by atoms with Crippen molar-refractivity contribution in [2.24, 2.45) is 5.92 Å². The van der Waals surface area contributed by atoms with Crippen LogP contribution in [0.5, 0.6) is 0 Å². The summed E-state index contributed by atoms with van der Waals surface area (Å²) in [5.41, 5.74) is 0.910. The zero-order valence-electron chi connectivity index (χ0n) is 13.2. The van der Waals surface area contributed by atoms with Crippen LogP contribution in [0.1, 0.15) is 31.8 Å². The van der Waals surface area contributed by atoms with E-state index >= 15 is 0 Å². The van der Waals surface area contributed by atoms with Crippen LogP contribution in [0.25, 0.3) is 11.5 Å². The predicted molar refractivity (Wildman–Crippen MR) is 86.7 cm³/mol. The highest BCUT2D eigenvalue weighted by Gasteiger charge is 2.19. The van der Waals surface area contributed by atoms with Crippen LogP contribution < -0.4 is 0 Å². The van der Waals surface area contributed by atoms with Gasteiger partial charge in [-0.1, -0.05) is 49.0 Å². The predicted octanol–water partition coefficient (Wildman–Crippen LogP) is 3.23. The normalized spacial score (nSPS) is 12.7. The number of hydrogen-bond donors (Lipinski definition) is 0. The van der Waals surface area contributed by atoms with Gasteiger partial charge in [0.1, 0.15) is 0 Å². The van der Waals surface area contributed by atoms with E-state index in [1.54, 1.807) is 0 Å². The molecule has 0 fully saturated rings. The first-order valence-electron chi connectivity index (χ1n) is 7.45. The van der Waals surface area contributed by atoms with Gasteiger partial charge >= 0.3 is 0 Å². The van der Waals surface area contributed by atoms with E-state index in [9.17, 15) is 0 Å². The highest BCUT2D eigenvalue weighted by molar-refractivity contribution is 7.99. The van der Waals surface area contributed by atoms with Crippen molar-refractivity contribution in [1.82, 2.24) is 30.3 Å². The van der Waals surface area contributed by atoms with E-state index in [0.717, 1.165) is 17.3 Å². The fourth-order valence-electron chi connectivity index (χ4n) is 2.05. The highest BCUT2D eigenvalue weighted by atomic mass is 32.2. The number of aromatic nitrogens is 6. The molecule has 3 rings (SSSR count). The molecule has 0 saturated carbocycles. The smallest absolute Gasteiger partial charge is 0.257 e. The number of hydrogen-bond acceptors (Lipinski definition) is 7. The number of rotatable bonds is 6. The monoisotopic (exact) mass is 330 g/mol. The highest BCUT2D eigenvalue weighted by Crippen LogP contribution is 2.32. The number of benzene rings is 1. The maximum atomic E-state index is 5.35. The Hall–Kier alpha value is -2.22. The van der Waals surface area contributed by atoms with Crippen molar-refractivity contribution >= 4 is 11.8 Å². The lowest BCUT2D eigenvalue weighted by Crippen LogP contribution is -2.08. The molecule has 0 radical (unpaired) electrons. The van der Waals surface area contributed by atoms with E-state index in [0.29, 0.717) is 17.6 Å². The zero-order chi connectivity index (χ0) is 16.2. The molecule has 0 saturated heterocycles. The summed E-state index contributed by atoms with van der Waals surface area (Å²) in [4.78, 5) is 4.48. The molecule has 0 bridgehead atoms. The summed E-state index contributed by atoms with van der Waals surface area (Å²) in [6, 6.07) is 9.72. The fourth-order valence-corrected chi connectivity index (χ4v) is 2.88. The molecule has 2 heterocycles. The standard InChI is InChI=1S/C15H18N6OS/c1-10(2)9-21-15(17-19-20-21)23-11(3)13-16-14(22-18-13)12-7-5-4-6-8-12/h4-8,10-11H,9H2,1-3H3/t11-/m1/s1. The molecular weight excluding hydrogens is 312 g/mol. The Morgan fingerprint density at radius 3 is 2.70 bits per heavy atom. The van der Waals surface area contributed by atoms with Crippen LogP contribution in [0.4, 0.5) is 0 Å². The molecule has 0 spiro atoms. The molecule has 0 aliphatic carbocycles. The minimum absolute atomic E-state index is 0.00637. The van der Waals surface area contributed by atoms with E-state index in [1.165, 1.54) is 11.8 Å². The quantitative estimate of drug-likeness (QED) is 0.642. The average molecular weight is 330 g/mol. The summed E-state index contributed by atoms with van der Waals surface area (Å²) in [6.07, 6.45) is 0. The van der Waals surface area contributed by atoms with Crippen LogP contribution in [-0.2, 0) is 6.54 Å². The van der Waals surface area contributed by atoms with Crippen molar-refractivity contribution in [3.05, 3.63) is 36.2 Å². The fraction of sp³-hybridized carbons (Fsp3) is 0.400. The third-order valence-corrected chi connectivity index (χ3v) is 4.21. The van der Waals surface area contributed by atoms with E-state index in [-0.39, 0.29) is 5.25 Å². The molecule has 2 aromatic heterocycles. The van der Waals surface area contributed by atoms with Gasteiger partial charge in [0.15, 0.2) is 5.82 Å². The van der Waals surface area contributed by atoms with Crippen LogP contribution in [0, 0.1) is 5.92 Å². The Bertz CT molecular complexity index is 754. The van der Waals surface area contributed by atoms with Gasteiger partial charge in [0, 0.05) is 12.1 Å². The van der Waals surface area contributed by atoms with Gasteiger partial charge in [0.05, 0.1) is 5.25 Å². The third-order valence-electron chi connectivity index (χ3n) is 3.15. The lowest BCUT2D eigenvalue weighted by Gasteiger charge is -2.08. The van der Waals surface area contributed by atoms with Crippen molar-refractivity contribution in [3.8, 4) is 11.5 Å². The molecule has 0 aliphatic rings. The van der Waals surface area contributed by atoms with Crippen LogP contribution >= 0.6 is 11.8 Å². The molecule has 3 aromatic rings.